The van der Waals surface area contributed by atoms with E-state index in [0.29, 0.717) is 5.69 Å². The summed E-state index contributed by atoms with van der Waals surface area (Å²) in [5, 5.41) is 19.2. The average molecular weight is 223 g/mol. The molecule has 2 rings (SSSR count). The zero-order valence-corrected chi connectivity index (χ0v) is 9.20. The summed E-state index contributed by atoms with van der Waals surface area (Å²) in [7, 11) is 0. The van der Waals surface area contributed by atoms with Crippen molar-refractivity contribution in [2.24, 2.45) is 0 Å². The molecule has 0 saturated heterocycles. The highest BCUT2D eigenvalue weighted by Gasteiger charge is 2.31. The van der Waals surface area contributed by atoms with E-state index in [4.69, 9.17) is 0 Å². The van der Waals surface area contributed by atoms with Gasteiger partial charge in [0.2, 0.25) is 5.91 Å². The fourth-order valence-corrected chi connectivity index (χ4v) is 2.21. The third kappa shape index (κ3) is 2.82. The predicted octanol–water partition coefficient (Wildman–Crippen LogP) is 1.43. The van der Waals surface area contributed by atoms with Crippen LogP contribution in [0.15, 0.2) is 12.4 Å². The molecule has 0 aliphatic heterocycles. The van der Waals surface area contributed by atoms with Gasteiger partial charge in [-0.05, 0) is 12.8 Å². The molecule has 1 saturated carbocycles. The molecule has 0 unspecified atom stereocenters. The van der Waals surface area contributed by atoms with Crippen LogP contribution in [0.4, 0.5) is 5.69 Å². The monoisotopic (exact) mass is 223 g/mol. The molecule has 16 heavy (non-hydrogen) atoms. The zero-order valence-electron chi connectivity index (χ0n) is 9.20. The summed E-state index contributed by atoms with van der Waals surface area (Å²) in [6, 6.07) is 0. The van der Waals surface area contributed by atoms with Crippen molar-refractivity contribution in [2.45, 2.75) is 44.1 Å². The third-order valence-electron chi connectivity index (χ3n) is 3.06. The van der Waals surface area contributed by atoms with Gasteiger partial charge in [-0.1, -0.05) is 19.3 Å². The smallest absolute Gasteiger partial charge is 0.227 e. The molecule has 5 nitrogen and oxygen atoms in total. The summed E-state index contributed by atoms with van der Waals surface area (Å²) >= 11 is 0. The maximum Gasteiger partial charge on any atom is 0.227 e. The largest absolute Gasteiger partial charge is 0.389 e. The fourth-order valence-electron chi connectivity index (χ4n) is 2.21. The highest BCUT2D eigenvalue weighted by Crippen LogP contribution is 2.30. The number of carbonyl (C=O) groups is 1. The van der Waals surface area contributed by atoms with E-state index in [1.54, 1.807) is 12.4 Å². The second kappa shape index (κ2) is 4.65. The van der Waals surface area contributed by atoms with E-state index in [2.05, 4.69) is 15.5 Å². The van der Waals surface area contributed by atoms with Gasteiger partial charge in [-0.25, -0.2) is 0 Å². The molecule has 0 aromatic carbocycles. The first-order chi connectivity index (χ1) is 7.68. The Morgan fingerprint density at radius 3 is 2.88 bits per heavy atom. The Hall–Kier alpha value is -1.36. The minimum Gasteiger partial charge on any atom is -0.389 e. The highest BCUT2D eigenvalue weighted by atomic mass is 16.3. The Morgan fingerprint density at radius 2 is 2.25 bits per heavy atom. The van der Waals surface area contributed by atoms with Gasteiger partial charge in [-0.2, -0.15) is 5.10 Å². The summed E-state index contributed by atoms with van der Waals surface area (Å²) in [5.74, 6) is -0.147. The van der Waals surface area contributed by atoms with Crippen molar-refractivity contribution in [1.82, 2.24) is 10.2 Å². The second-order valence-electron chi connectivity index (χ2n) is 4.50. The van der Waals surface area contributed by atoms with E-state index in [9.17, 15) is 9.90 Å². The molecule has 0 bridgehead atoms. The number of nitrogens with zero attached hydrogens (tertiary/aromatic N) is 1. The molecule has 1 fully saturated rings. The number of hydrogen-bond donors (Lipinski definition) is 3. The van der Waals surface area contributed by atoms with Gasteiger partial charge >= 0.3 is 0 Å². The Morgan fingerprint density at radius 1 is 1.50 bits per heavy atom. The summed E-state index contributed by atoms with van der Waals surface area (Å²) in [6.07, 6.45) is 7.97. The first-order valence-electron chi connectivity index (χ1n) is 5.69. The first kappa shape index (κ1) is 11.1. The van der Waals surface area contributed by atoms with Gasteiger partial charge in [0.25, 0.3) is 0 Å². The lowest BCUT2D eigenvalue weighted by molar-refractivity contribution is -0.122. The molecule has 0 atom stereocenters. The molecule has 1 aliphatic rings. The summed E-state index contributed by atoms with van der Waals surface area (Å²) in [6.45, 7) is 0. The van der Waals surface area contributed by atoms with Gasteiger partial charge < -0.3 is 10.4 Å². The third-order valence-corrected chi connectivity index (χ3v) is 3.06. The van der Waals surface area contributed by atoms with Crippen LogP contribution in [0, 0.1) is 0 Å². The molecule has 1 aliphatic carbocycles. The lowest BCUT2D eigenvalue weighted by atomic mass is 9.82. The lowest BCUT2D eigenvalue weighted by Gasteiger charge is -2.31. The minimum absolute atomic E-state index is 0.147. The molecule has 1 aromatic rings. The Kier molecular flexibility index (Phi) is 3.24. The maximum atomic E-state index is 11.7. The van der Waals surface area contributed by atoms with Crippen molar-refractivity contribution in [2.75, 3.05) is 5.32 Å². The first-order valence-corrected chi connectivity index (χ1v) is 5.69. The standard InChI is InChI=1S/C11H17N3O2/c15-10(14-9-7-12-13-8-9)6-11(16)4-2-1-3-5-11/h7-8,16H,1-6H2,(H,12,13)(H,14,15). The molecular formula is C11H17N3O2. The van der Waals surface area contributed by atoms with Gasteiger partial charge in [-0.3, -0.25) is 9.89 Å². The van der Waals surface area contributed by atoms with Crippen LogP contribution in [0.1, 0.15) is 38.5 Å². The van der Waals surface area contributed by atoms with E-state index in [0.717, 1.165) is 32.1 Å². The molecular weight excluding hydrogens is 206 g/mol. The number of nitrogens with one attached hydrogen (secondary N) is 2. The normalized spacial score (nSPS) is 19.3. The molecule has 5 heteroatoms. The molecule has 1 heterocycles. The second-order valence-corrected chi connectivity index (χ2v) is 4.50. The van der Waals surface area contributed by atoms with Crippen molar-refractivity contribution in [3.8, 4) is 0 Å². The number of hydrogen-bond acceptors (Lipinski definition) is 3. The fraction of sp³-hybridized carbons (Fsp3) is 0.636. The van der Waals surface area contributed by atoms with Crippen LogP contribution in [0.25, 0.3) is 0 Å². The van der Waals surface area contributed by atoms with E-state index < -0.39 is 5.60 Å². The highest BCUT2D eigenvalue weighted by molar-refractivity contribution is 5.91. The van der Waals surface area contributed by atoms with Gasteiger partial charge in [0.05, 0.1) is 23.9 Å². The number of amides is 1. The summed E-state index contributed by atoms with van der Waals surface area (Å²) in [4.78, 5) is 11.7. The molecule has 1 amide bonds. The van der Waals surface area contributed by atoms with Crippen molar-refractivity contribution in [1.29, 1.82) is 0 Å². The van der Waals surface area contributed by atoms with Crippen LogP contribution in [-0.2, 0) is 4.79 Å². The topological polar surface area (TPSA) is 78.0 Å². The molecule has 88 valence electrons. The van der Waals surface area contributed by atoms with Crippen LogP contribution < -0.4 is 5.32 Å². The van der Waals surface area contributed by atoms with E-state index in [-0.39, 0.29) is 12.3 Å². The van der Waals surface area contributed by atoms with Gasteiger partial charge in [0, 0.05) is 6.20 Å². The van der Waals surface area contributed by atoms with Crippen LogP contribution in [0.5, 0.6) is 0 Å². The van der Waals surface area contributed by atoms with Crippen LogP contribution in [0.2, 0.25) is 0 Å². The molecule has 1 aromatic heterocycles. The minimum atomic E-state index is -0.800. The molecule has 3 N–H and O–H groups in total. The van der Waals surface area contributed by atoms with E-state index in [1.807, 2.05) is 0 Å². The van der Waals surface area contributed by atoms with Crippen molar-refractivity contribution in [3.05, 3.63) is 12.4 Å². The van der Waals surface area contributed by atoms with Crippen molar-refractivity contribution < 1.29 is 9.90 Å². The van der Waals surface area contributed by atoms with Gasteiger partial charge in [-0.15, -0.1) is 0 Å². The average Bonchev–Trinajstić information content (AvgIpc) is 2.70. The number of carbonyl (C=O) groups excluding carboxylic acids is 1. The Balaban J connectivity index is 1.86. The number of anilines is 1. The van der Waals surface area contributed by atoms with Crippen LogP contribution in [0.3, 0.4) is 0 Å². The van der Waals surface area contributed by atoms with E-state index >= 15 is 0 Å². The number of aliphatic hydroxyl groups is 1. The Bertz CT molecular complexity index is 342. The van der Waals surface area contributed by atoms with Crippen LogP contribution in [-0.4, -0.2) is 26.8 Å². The van der Waals surface area contributed by atoms with Gasteiger partial charge in [0.15, 0.2) is 0 Å². The molecule has 0 radical (unpaired) electrons. The zero-order chi connectivity index (χ0) is 11.4. The van der Waals surface area contributed by atoms with Gasteiger partial charge in [0.1, 0.15) is 0 Å². The maximum absolute atomic E-state index is 11.7. The van der Waals surface area contributed by atoms with Crippen molar-refractivity contribution in [3.63, 3.8) is 0 Å². The predicted molar refractivity (Wildman–Crippen MR) is 59.9 cm³/mol. The van der Waals surface area contributed by atoms with E-state index in [1.165, 1.54) is 0 Å². The number of aromatic nitrogens is 2. The lowest BCUT2D eigenvalue weighted by Crippen LogP contribution is -2.35. The van der Waals surface area contributed by atoms with Crippen molar-refractivity contribution >= 4 is 11.6 Å². The summed E-state index contributed by atoms with van der Waals surface area (Å²) in [5.41, 5.74) is -0.157. The Labute approximate surface area is 94.2 Å². The SMILES string of the molecule is O=C(CC1(O)CCCCC1)Nc1cn[nH]c1. The number of H-pyrrole nitrogens is 1. The summed E-state index contributed by atoms with van der Waals surface area (Å²) < 4.78 is 0. The quantitative estimate of drug-likeness (QED) is 0.725. The number of rotatable bonds is 3. The molecule has 0 spiro atoms. The number of aromatic amines is 1. The van der Waals surface area contributed by atoms with Crippen LogP contribution >= 0.6 is 0 Å².